The molecule has 2 fully saturated rings. The van der Waals surface area contributed by atoms with Crippen LogP contribution in [0.1, 0.15) is 24.8 Å². The van der Waals surface area contributed by atoms with E-state index >= 15 is 0 Å². The number of rotatable bonds is 5. The number of hydrogen-bond acceptors (Lipinski definition) is 6. The number of aromatic nitrogens is 1. The summed E-state index contributed by atoms with van der Waals surface area (Å²) < 4.78 is 30.5. The van der Waals surface area contributed by atoms with Gasteiger partial charge in [-0.1, -0.05) is 6.42 Å². The number of ether oxygens (including phenoxy) is 1. The third kappa shape index (κ3) is 4.72. The molecule has 0 spiro atoms. The summed E-state index contributed by atoms with van der Waals surface area (Å²) in [6.07, 6.45) is 5.12. The van der Waals surface area contributed by atoms with E-state index in [1.165, 1.54) is 4.31 Å². The van der Waals surface area contributed by atoms with Gasteiger partial charge in [-0.3, -0.25) is 4.79 Å². The Morgan fingerprint density at radius 2 is 2.08 bits per heavy atom. The number of nitrogens with zero attached hydrogens (tertiary/aromatic N) is 3. The summed E-state index contributed by atoms with van der Waals surface area (Å²) >= 11 is 0. The summed E-state index contributed by atoms with van der Waals surface area (Å²) in [5.74, 6) is 0.635. The van der Waals surface area contributed by atoms with E-state index in [0.717, 1.165) is 43.6 Å². The van der Waals surface area contributed by atoms with Crippen molar-refractivity contribution in [3.05, 3.63) is 23.9 Å². The molecule has 144 valence electrons. The van der Waals surface area contributed by atoms with Gasteiger partial charge in [-0.25, -0.2) is 13.4 Å². The van der Waals surface area contributed by atoms with Crippen molar-refractivity contribution in [3.8, 4) is 0 Å². The number of morpholine rings is 1. The Labute approximate surface area is 154 Å². The van der Waals surface area contributed by atoms with Gasteiger partial charge in [0.15, 0.2) is 0 Å². The first-order chi connectivity index (χ1) is 12.4. The van der Waals surface area contributed by atoms with E-state index in [9.17, 15) is 13.2 Å². The second-order valence-electron chi connectivity index (χ2n) is 6.72. The quantitative estimate of drug-likeness (QED) is 0.790. The fourth-order valence-corrected chi connectivity index (χ4v) is 4.53. The Hall–Kier alpha value is -1.71. The molecule has 2 saturated heterocycles. The maximum Gasteiger partial charge on any atom is 0.238 e. The number of carbonyl (C=O) groups is 1. The van der Waals surface area contributed by atoms with Crippen LogP contribution in [0.2, 0.25) is 0 Å². The molecule has 1 atom stereocenters. The van der Waals surface area contributed by atoms with Crippen LogP contribution in [0, 0.1) is 0 Å². The summed E-state index contributed by atoms with van der Waals surface area (Å²) in [5.41, 5.74) is 0.941. The minimum atomic E-state index is -3.38. The topological polar surface area (TPSA) is 91.8 Å². The van der Waals surface area contributed by atoms with Gasteiger partial charge in [0.05, 0.1) is 19.5 Å². The maximum atomic E-state index is 12.6. The zero-order valence-electron chi connectivity index (χ0n) is 15.1. The van der Waals surface area contributed by atoms with Crippen molar-refractivity contribution in [2.45, 2.75) is 31.8 Å². The minimum absolute atomic E-state index is 0.236. The van der Waals surface area contributed by atoms with E-state index < -0.39 is 16.1 Å². The highest BCUT2D eigenvalue weighted by Crippen LogP contribution is 2.20. The van der Waals surface area contributed by atoms with Crippen LogP contribution in [0.4, 0.5) is 5.82 Å². The van der Waals surface area contributed by atoms with Crippen LogP contribution in [0.5, 0.6) is 0 Å². The summed E-state index contributed by atoms with van der Waals surface area (Å²) in [7, 11) is -3.38. The lowest BCUT2D eigenvalue weighted by Gasteiger charge is -2.32. The number of sulfonamides is 1. The molecule has 0 radical (unpaired) electrons. The molecule has 0 saturated carbocycles. The molecule has 1 unspecified atom stereocenters. The zero-order valence-corrected chi connectivity index (χ0v) is 15.9. The van der Waals surface area contributed by atoms with Crippen molar-refractivity contribution in [1.29, 1.82) is 0 Å². The number of piperidine rings is 1. The second kappa shape index (κ2) is 8.32. The van der Waals surface area contributed by atoms with Gasteiger partial charge >= 0.3 is 0 Å². The van der Waals surface area contributed by atoms with Crippen LogP contribution in [-0.2, 0) is 26.1 Å². The van der Waals surface area contributed by atoms with Crippen molar-refractivity contribution in [2.75, 3.05) is 44.0 Å². The lowest BCUT2D eigenvalue weighted by molar-refractivity contribution is -0.125. The van der Waals surface area contributed by atoms with Crippen molar-refractivity contribution in [2.24, 2.45) is 0 Å². The van der Waals surface area contributed by atoms with Gasteiger partial charge < -0.3 is 15.0 Å². The Balaban J connectivity index is 1.62. The fraction of sp³-hybridized carbons (Fsp3) is 0.647. The van der Waals surface area contributed by atoms with Crippen LogP contribution in [0.3, 0.4) is 0 Å². The molecule has 1 N–H and O–H groups in total. The van der Waals surface area contributed by atoms with E-state index in [4.69, 9.17) is 4.74 Å². The summed E-state index contributed by atoms with van der Waals surface area (Å²) in [6, 6.07) is 3.21. The van der Waals surface area contributed by atoms with Gasteiger partial charge in [0.2, 0.25) is 15.9 Å². The van der Waals surface area contributed by atoms with Gasteiger partial charge in [0.1, 0.15) is 11.9 Å². The molecule has 0 bridgehead atoms. The first-order valence-electron chi connectivity index (χ1n) is 8.97. The third-order valence-corrected chi connectivity index (χ3v) is 6.08. The maximum absolute atomic E-state index is 12.6. The van der Waals surface area contributed by atoms with Gasteiger partial charge in [-0.15, -0.1) is 0 Å². The summed E-state index contributed by atoms with van der Waals surface area (Å²) in [5, 5.41) is 2.88. The average Bonchev–Trinajstić information content (AvgIpc) is 2.66. The summed E-state index contributed by atoms with van der Waals surface area (Å²) in [4.78, 5) is 19.1. The predicted octanol–water partition coefficient (Wildman–Crippen LogP) is 0.349. The number of amides is 1. The monoisotopic (exact) mass is 382 g/mol. The molecule has 1 aromatic heterocycles. The molecular weight excluding hydrogens is 356 g/mol. The average molecular weight is 382 g/mol. The summed E-state index contributed by atoms with van der Waals surface area (Å²) in [6.45, 7) is 3.74. The SMILES string of the molecule is CS(=O)(=O)N1CCCCC1C(=O)NCc1ccnc(N2CCOCC2)c1. The van der Waals surface area contributed by atoms with Crippen molar-refractivity contribution in [3.63, 3.8) is 0 Å². The minimum Gasteiger partial charge on any atom is -0.378 e. The number of hydrogen-bond donors (Lipinski definition) is 1. The van der Waals surface area contributed by atoms with Crippen molar-refractivity contribution < 1.29 is 17.9 Å². The van der Waals surface area contributed by atoms with Crippen molar-refractivity contribution >= 4 is 21.7 Å². The number of carbonyl (C=O) groups excluding carboxylic acids is 1. The lowest BCUT2D eigenvalue weighted by atomic mass is 10.0. The molecule has 9 heteroatoms. The molecule has 1 amide bonds. The molecule has 2 aliphatic rings. The van der Waals surface area contributed by atoms with Crippen LogP contribution >= 0.6 is 0 Å². The van der Waals surface area contributed by atoms with E-state index in [-0.39, 0.29) is 5.91 Å². The Kier molecular flexibility index (Phi) is 6.10. The standard InChI is InChI=1S/C17H26N4O4S/c1-26(23,24)21-7-3-2-4-15(21)17(22)19-13-14-5-6-18-16(12-14)20-8-10-25-11-9-20/h5-6,12,15H,2-4,7-11,13H2,1H3,(H,19,22). The van der Waals surface area contributed by atoms with Crippen LogP contribution < -0.4 is 10.2 Å². The van der Waals surface area contributed by atoms with Gasteiger partial charge in [-0.2, -0.15) is 4.31 Å². The number of pyridine rings is 1. The lowest BCUT2D eigenvalue weighted by Crippen LogP contribution is -2.51. The Morgan fingerprint density at radius 1 is 1.31 bits per heavy atom. The molecule has 8 nitrogen and oxygen atoms in total. The largest absolute Gasteiger partial charge is 0.378 e. The van der Waals surface area contributed by atoms with E-state index in [0.29, 0.717) is 32.7 Å². The van der Waals surface area contributed by atoms with Crippen molar-refractivity contribution in [1.82, 2.24) is 14.6 Å². The first-order valence-corrected chi connectivity index (χ1v) is 10.8. The van der Waals surface area contributed by atoms with Crippen LogP contribution in [0.15, 0.2) is 18.3 Å². The number of anilines is 1. The molecule has 3 heterocycles. The fourth-order valence-electron chi connectivity index (χ4n) is 3.41. The number of nitrogens with one attached hydrogen (secondary N) is 1. The normalized spacial score (nSPS) is 22.2. The van der Waals surface area contributed by atoms with Crippen LogP contribution in [-0.4, -0.2) is 68.8 Å². The highest BCUT2D eigenvalue weighted by molar-refractivity contribution is 7.88. The Morgan fingerprint density at radius 3 is 2.81 bits per heavy atom. The molecule has 1 aromatic rings. The predicted molar refractivity (Wildman–Crippen MR) is 98.3 cm³/mol. The molecular formula is C17H26N4O4S. The molecule has 26 heavy (non-hydrogen) atoms. The zero-order chi connectivity index (χ0) is 18.6. The van der Waals surface area contributed by atoms with E-state index in [1.807, 2.05) is 12.1 Å². The van der Waals surface area contributed by atoms with Gasteiger partial charge in [-0.05, 0) is 30.5 Å². The van der Waals surface area contributed by atoms with E-state index in [1.54, 1.807) is 6.20 Å². The van der Waals surface area contributed by atoms with Gasteiger partial charge in [0.25, 0.3) is 0 Å². The smallest absolute Gasteiger partial charge is 0.238 e. The third-order valence-electron chi connectivity index (χ3n) is 4.79. The molecule has 0 aromatic carbocycles. The Bertz CT molecular complexity index is 734. The first kappa shape index (κ1) is 19.1. The highest BCUT2D eigenvalue weighted by Gasteiger charge is 2.34. The van der Waals surface area contributed by atoms with Gasteiger partial charge in [0, 0.05) is 32.4 Å². The second-order valence-corrected chi connectivity index (χ2v) is 8.66. The van der Waals surface area contributed by atoms with Crippen LogP contribution in [0.25, 0.3) is 0 Å². The molecule has 0 aliphatic carbocycles. The van der Waals surface area contributed by atoms with E-state index in [2.05, 4.69) is 15.2 Å². The molecule has 2 aliphatic heterocycles. The molecule has 3 rings (SSSR count). The highest BCUT2D eigenvalue weighted by atomic mass is 32.2.